The molecule has 2 unspecified atom stereocenters. The fourth-order valence-corrected chi connectivity index (χ4v) is 3.23. The van der Waals surface area contributed by atoms with Gasteiger partial charge in [-0.3, -0.25) is 0 Å². The number of nitrogens with zero attached hydrogens (tertiary/aromatic N) is 3. The molecule has 0 saturated carbocycles. The van der Waals surface area contributed by atoms with Crippen molar-refractivity contribution in [1.82, 2.24) is 14.8 Å². The van der Waals surface area contributed by atoms with E-state index in [0.717, 1.165) is 5.56 Å². The van der Waals surface area contributed by atoms with E-state index in [0.29, 0.717) is 5.75 Å². The van der Waals surface area contributed by atoms with Gasteiger partial charge < -0.3 is 18.8 Å². The Kier molecular flexibility index (Phi) is 5.04. The molecule has 2 atom stereocenters. The third-order valence-corrected chi connectivity index (χ3v) is 4.65. The molecular weight excluding hydrogens is 350 g/mol. The SMILES string of the molecule is COc1ccc(C2(Cn3cncn3)OCC(CCS(=O)(=O)[O-])O2)cc1. The molecular formula is C15H18N3O6S-. The smallest absolute Gasteiger partial charge is 0.215 e. The van der Waals surface area contributed by atoms with Crippen molar-refractivity contribution < 1.29 is 27.2 Å². The normalized spacial score (nSPS) is 23.7. The molecule has 1 aliphatic rings. The van der Waals surface area contributed by atoms with Crippen molar-refractivity contribution in [3.05, 3.63) is 42.5 Å². The number of hydrogen-bond donors (Lipinski definition) is 0. The van der Waals surface area contributed by atoms with E-state index in [-0.39, 0.29) is 19.6 Å². The summed E-state index contributed by atoms with van der Waals surface area (Å²) in [5, 5.41) is 4.07. The van der Waals surface area contributed by atoms with Crippen LogP contribution in [0.15, 0.2) is 36.9 Å². The topological polar surface area (TPSA) is 116 Å². The highest BCUT2D eigenvalue weighted by atomic mass is 32.2. The molecule has 1 aromatic heterocycles. The summed E-state index contributed by atoms with van der Waals surface area (Å²) in [7, 11) is -2.73. The fraction of sp³-hybridized carbons (Fsp3) is 0.467. The van der Waals surface area contributed by atoms with Gasteiger partial charge in [-0.25, -0.2) is 18.1 Å². The van der Waals surface area contributed by atoms with Crippen LogP contribution >= 0.6 is 0 Å². The molecule has 1 saturated heterocycles. The van der Waals surface area contributed by atoms with Crippen molar-refractivity contribution in [2.75, 3.05) is 19.5 Å². The van der Waals surface area contributed by atoms with Crippen LogP contribution < -0.4 is 4.74 Å². The number of ether oxygens (including phenoxy) is 3. The summed E-state index contributed by atoms with van der Waals surface area (Å²) in [5.74, 6) is -0.952. The average Bonchev–Trinajstić information content (AvgIpc) is 3.23. The van der Waals surface area contributed by atoms with Crippen LogP contribution in [0.25, 0.3) is 0 Å². The van der Waals surface area contributed by atoms with Gasteiger partial charge in [0.15, 0.2) is 0 Å². The first-order valence-corrected chi connectivity index (χ1v) is 9.20. The van der Waals surface area contributed by atoms with Gasteiger partial charge in [-0.15, -0.1) is 0 Å². The molecule has 0 radical (unpaired) electrons. The van der Waals surface area contributed by atoms with Gasteiger partial charge in [0.2, 0.25) is 5.79 Å². The summed E-state index contributed by atoms with van der Waals surface area (Å²) < 4.78 is 51.2. The summed E-state index contributed by atoms with van der Waals surface area (Å²) >= 11 is 0. The zero-order chi connectivity index (χ0) is 17.9. The van der Waals surface area contributed by atoms with E-state index in [1.807, 2.05) is 12.1 Å². The van der Waals surface area contributed by atoms with Crippen LogP contribution in [0.5, 0.6) is 5.75 Å². The Morgan fingerprint density at radius 1 is 1.40 bits per heavy atom. The van der Waals surface area contributed by atoms with Gasteiger partial charge in [0.1, 0.15) is 24.9 Å². The van der Waals surface area contributed by atoms with Crippen molar-refractivity contribution in [3.8, 4) is 5.75 Å². The van der Waals surface area contributed by atoms with Gasteiger partial charge in [0.05, 0.1) is 29.9 Å². The lowest BCUT2D eigenvalue weighted by Crippen LogP contribution is -2.34. The standard InChI is InChI=1S/C15H19N3O6S/c1-22-13-4-2-12(3-5-13)15(9-18-11-16-10-17-18)23-8-14(24-15)6-7-25(19,20)21/h2-5,10-11,14H,6-9H2,1H3,(H,19,20,21)/p-1. The van der Waals surface area contributed by atoms with Gasteiger partial charge in [0.25, 0.3) is 0 Å². The van der Waals surface area contributed by atoms with E-state index in [2.05, 4.69) is 10.1 Å². The number of methoxy groups -OCH3 is 1. The monoisotopic (exact) mass is 368 g/mol. The summed E-state index contributed by atoms with van der Waals surface area (Å²) in [6.07, 6.45) is 2.50. The highest BCUT2D eigenvalue weighted by Crippen LogP contribution is 2.37. The Morgan fingerprint density at radius 3 is 2.76 bits per heavy atom. The quantitative estimate of drug-likeness (QED) is 0.649. The molecule has 25 heavy (non-hydrogen) atoms. The minimum Gasteiger partial charge on any atom is -0.748 e. The summed E-state index contributed by atoms with van der Waals surface area (Å²) in [4.78, 5) is 3.90. The molecule has 2 heterocycles. The first-order valence-electron chi connectivity index (χ1n) is 7.62. The lowest BCUT2D eigenvalue weighted by molar-refractivity contribution is -0.188. The Labute approximate surface area is 145 Å². The molecule has 0 N–H and O–H groups in total. The van der Waals surface area contributed by atoms with Crippen molar-refractivity contribution in [3.63, 3.8) is 0 Å². The van der Waals surface area contributed by atoms with Crippen LogP contribution in [0.4, 0.5) is 0 Å². The molecule has 0 amide bonds. The summed E-state index contributed by atoms with van der Waals surface area (Å²) in [6, 6.07) is 7.17. The van der Waals surface area contributed by atoms with Crippen molar-refractivity contribution in [2.24, 2.45) is 0 Å². The van der Waals surface area contributed by atoms with E-state index in [4.69, 9.17) is 14.2 Å². The molecule has 0 aliphatic carbocycles. The average molecular weight is 368 g/mol. The molecule has 0 bridgehead atoms. The largest absolute Gasteiger partial charge is 0.748 e. The third kappa shape index (κ3) is 4.34. The van der Waals surface area contributed by atoms with E-state index in [1.54, 1.807) is 23.9 Å². The molecule has 2 aromatic rings. The highest BCUT2D eigenvalue weighted by molar-refractivity contribution is 7.85. The second kappa shape index (κ2) is 7.08. The predicted octanol–water partition coefficient (Wildman–Crippen LogP) is 0.490. The molecule has 1 aliphatic heterocycles. The van der Waals surface area contributed by atoms with Gasteiger partial charge in [-0.2, -0.15) is 5.10 Å². The molecule has 9 nitrogen and oxygen atoms in total. The summed E-state index contributed by atoms with van der Waals surface area (Å²) in [5.41, 5.74) is 0.733. The Hall–Kier alpha value is -2.01. The number of aromatic nitrogens is 3. The fourth-order valence-electron chi connectivity index (χ4n) is 2.68. The Balaban J connectivity index is 1.82. The van der Waals surface area contributed by atoms with Gasteiger partial charge >= 0.3 is 0 Å². The molecule has 1 fully saturated rings. The third-order valence-electron chi connectivity index (χ3n) is 3.92. The van der Waals surface area contributed by atoms with Crippen molar-refractivity contribution in [2.45, 2.75) is 24.9 Å². The predicted molar refractivity (Wildman–Crippen MR) is 84.7 cm³/mol. The number of rotatable bonds is 7. The molecule has 3 rings (SSSR count). The zero-order valence-corrected chi connectivity index (χ0v) is 14.4. The molecule has 0 spiro atoms. The highest BCUT2D eigenvalue weighted by Gasteiger charge is 2.44. The maximum atomic E-state index is 10.9. The first-order chi connectivity index (χ1) is 11.9. The van der Waals surface area contributed by atoms with Gasteiger partial charge in [-0.05, 0) is 30.7 Å². The maximum absolute atomic E-state index is 10.9. The second-order valence-electron chi connectivity index (χ2n) is 5.68. The zero-order valence-electron chi connectivity index (χ0n) is 13.6. The first kappa shape index (κ1) is 17.8. The van der Waals surface area contributed by atoms with Crippen LogP contribution in [0.1, 0.15) is 12.0 Å². The van der Waals surface area contributed by atoms with Crippen LogP contribution in [-0.4, -0.2) is 53.3 Å². The minimum atomic E-state index is -4.30. The van der Waals surface area contributed by atoms with Crippen LogP contribution in [0.3, 0.4) is 0 Å². The summed E-state index contributed by atoms with van der Waals surface area (Å²) in [6.45, 7) is 0.413. The van der Waals surface area contributed by atoms with Crippen LogP contribution in [-0.2, 0) is 31.9 Å². The minimum absolute atomic E-state index is 0.0705. The molecule has 136 valence electrons. The van der Waals surface area contributed by atoms with Gasteiger partial charge in [0, 0.05) is 11.3 Å². The lowest BCUT2D eigenvalue weighted by Gasteiger charge is -2.28. The number of hydrogen-bond acceptors (Lipinski definition) is 8. The van der Waals surface area contributed by atoms with E-state index in [1.165, 1.54) is 12.7 Å². The van der Waals surface area contributed by atoms with Crippen molar-refractivity contribution >= 4 is 10.1 Å². The maximum Gasteiger partial charge on any atom is 0.215 e. The number of benzene rings is 1. The second-order valence-corrected chi connectivity index (χ2v) is 7.20. The van der Waals surface area contributed by atoms with E-state index in [9.17, 15) is 13.0 Å². The Morgan fingerprint density at radius 2 is 2.16 bits per heavy atom. The van der Waals surface area contributed by atoms with E-state index >= 15 is 0 Å². The molecule has 1 aromatic carbocycles. The molecule has 10 heteroatoms. The van der Waals surface area contributed by atoms with Crippen LogP contribution in [0, 0.1) is 0 Å². The van der Waals surface area contributed by atoms with E-state index < -0.39 is 27.8 Å². The van der Waals surface area contributed by atoms with Gasteiger partial charge in [-0.1, -0.05) is 0 Å². The van der Waals surface area contributed by atoms with Crippen molar-refractivity contribution in [1.29, 1.82) is 0 Å². The lowest BCUT2D eigenvalue weighted by atomic mass is 10.1. The van der Waals surface area contributed by atoms with Crippen LogP contribution in [0.2, 0.25) is 0 Å². The Bertz CT molecular complexity index is 793.